The minimum Gasteiger partial charge on any atom is -0.490 e. The van der Waals surface area contributed by atoms with Gasteiger partial charge in [-0.05, 0) is 62.1 Å². The third-order valence-corrected chi connectivity index (χ3v) is 6.20. The van der Waals surface area contributed by atoms with Crippen LogP contribution in [0.3, 0.4) is 0 Å². The van der Waals surface area contributed by atoms with Crippen molar-refractivity contribution in [2.75, 3.05) is 13.2 Å². The number of ether oxygens (including phenoxy) is 2. The van der Waals surface area contributed by atoms with Gasteiger partial charge in [-0.2, -0.15) is 0 Å². The van der Waals surface area contributed by atoms with Crippen LogP contribution in [0.1, 0.15) is 51.7 Å². The first-order valence-corrected chi connectivity index (χ1v) is 11.7. The lowest BCUT2D eigenvalue weighted by Crippen LogP contribution is -2.20. The van der Waals surface area contributed by atoms with Gasteiger partial charge in [0.2, 0.25) is 0 Å². The summed E-state index contributed by atoms with van der Waals surface area (Å²) >= 11 is 26.0. The molecule has 0 saturated heterocycles. The minimum absolute atomic E-state index is 0.0379. The van der Waals surface area contributed by atoms with Gasteiger partial charge in [0.1, 0.15) is 0 Å². The fourth-order valence-corrected chi connectivity index (χ4v) is 4.17. The van der Waals surface area contributed by atoms with Gasteiger partial charge in [-0.3, -0.25) is 0 Å². The molecule has 0 heterocycles. The molecule has 172 valence electrons. The first kappa shape index (κ1) is 26.4. The molecule has 2 aromatic carbocycles. The van der Waals surface area contributed by atoms with Crippen LogP contribution in [0.15, 0.2) is 24.3 Å². The molecule has 2 aromatic rings. The van der Waals surface area contributed by atoms with Gasteiger partial charge in [0.25, 0.3) is 0 Å². The maximum absolute atomic E-state index is 6.49. The normalized spacial score (nSPS) is 13.7. The predicted octanol–water partition coefficient (Wildman–Crippen LogP) is 6.86. The summed E-state index contributed by atoms with van der Waals surface area (Å²) in [6.07, 6.45) is 1.41. The van der Waals surface area contributed by atoms with Gasteiger partial charge in [0.15, 0.2) is 11.5 Å². The molecular formula is C23H30Cl4N2O2. The highest BCUT2D eigenvalue weighted by molar-refractivity contribution is 6.38. The maximum atomic E-state index is 6.49. The van der Waals surface area contributed by atoms with E-state index in [-0.39, 0.29) is 12.1 Å². The lowest BCUT2D eigenvalue weighted by Gasteiger charge is -2.28. The van der Waals surface area contributed by atoms with Crippen LogP contribution in [0.2, 0.25) is 20.1 Å². The van der Waals surface area contributed by atoms with E-state index in [1.54, 1.807) is 0 Å². The third-order valence-electron chi connectivity index (χ3n) is 5.08. The number of benzene rings is 2. The van der Waals surface area contributed by atoms with Gasteiger partial charge in [0.05, 0.1) is 33.3 Å². The molecule has 2 rings (SSSR count). The molecule has 0 fully saturated rings. The SMILES string of the molecule is CC(N)CCOc1c(Cl)cc(C(C)(C)c2cc(Cl)c(OCCC(C)N)c(Cl)c2)cc1Cl. The molecule has 2 atom stereocenters. The highest BCUT2D eigenvalue weighted by Crippen LogP contribution is 2.43. The number of rotatable bonds is 10. The number of halogens is 4. The lowest BCUT2D eigenvalue weighted by atomic mass is 9.78. The largest absolute Gasteiger partial charge is 0.490 e. The summed E-state index contributed by atoms with van der Waals surface area (Å²) in [5, 5.41) is 1.75. The monoisotopic (exact) mass is 506 g/mol. The van der Waals surface area contributed by atoms with Crippen LogP contribution in [0, 0.1) is 0 Å². The van der Waals surface area contributed by atoms with E-state index < -0.39 is 5.41 Å². The van der Waals surface area contributed by atoms with Gasteiger partial charge in [-0.1, -0.05) is 60.3 Å². The average Bonchev–Trinajstić information content (AvgIpc) is 2.65. The highest BCUT2D eigenvalue weighted by atomic mass is 35.5. The van der Waals surface area contributed by atoms with Crippen LogP contribution >= 0.6 is 46.4 Å². The van der Waals surface area contributed by atoms with E-state index in [1.807, 2.05) is 52.0 Å². The Morgan fingerprint density at radius 1 is 0.710 bits per heavy atom. The van der Waals surface area contributed by atoms with E-state index in [1.165, 1.54) is 0 Å². The fourth-order valence-electron chi connectivity index (χ4n) is 2.98. The maximum Gasteiger partial charge on any atom is 0.156 e. The summed E-state index contributed by atoms with van der Waals surface area (Å²) in [4.78, 5) is 0. The first-order chi connectivity index (χ1) is 14.4. The van der Waals surface area contributed by atoms with Crippen LogP contribution < -0.4 is 20.9 Å². The molecule has 0 saturated carbocycles. The molecule has 0 aliphatic heterocycles. The van der Waals surface area contributed by atoms with Crippen LogP contribution in [-0.2, 0) is 5.41 Å². The molecule has 4 nitrogen and oxygen atoms in total. The standard InChI is InChI=1S/C23H30Cl4N2O2/c1-13(28)5-7-30-21-17(24)9-15(10-18(21)25)23(3,4)16-11-19(26)22(20(27)12-16)31-8-6-14(2)29/h9-14H,5-8,28-29H2,1-4H3. The molecule has 0 aliphatic rings. The zero-order chi connectivity index (χ0) is 23.3. The summed E-state index contributed by atoms with van der Waals surface area (Å²) in [7, 11) is 0. The van der Waals surface area contributed by atoms with Crippen molar-refractivity contribution < 1.29 is 9.47 Å². The van der Waals surface area contributed by atoms with Crippen LogP contribution in [0.25, 0.3) is 0 Å². The van der Waals surface area contributed by atoms with E-state index in [9.17, 15) is 0 Å². The zero-order valence-corrected chi connectivity index (χ0v) is 21.3. The minimum atomic E-state index is -0.477. The number of hydrogen-bond acceptors (Lipinski definition) is 4. The second-order valence-corrected chi connectivity index (χ2v) is 10.0. The van der Waals surface area contributed by atoms with E-state index in [4.69, 9.17) is 67.3 Å². The van der Waals surface area contributed by atoms with E-state index in [2.05, 4.69) is 0 Å². The summed E-state index contributed by atoms with van der Waals surface area (Å²) in [6.45, 7) is 8.81. The Bertz CT molecular complexity index is 784. The van der Waals surface area contributed by atoms with Gasteiger partial charge in [-0.25, -0.2) is 0 Å². The van der Waals surface area contributed by atoms with Crippen molar-refractivity contribution in [3.63, 3.8) is 0 Å². The summed E-state index contributed by atoms with van der Waals surface area (Å²) in [6, 6.07) is 7.48. The quantitative estimate of drug-likeness (QED) is 0.368. The van der Waals surface area contributed by atoms with Crippen molar-refractivity contribution in [1.82, 2.24) is 0 Å². The van der Waals surface area contributed by atoms with Gasteiger partial charge in [0, 0.05) is 17.5 Å². The van der Waals surface area contributed by atoms with Crippen LogP contribution in [0.5, 0.6) is 11.5 Å². The van der Waals surface area contributed by atoms with Gasteiger partial charge >= 0.3 is 0 Å². The molecule has 0 amide bonds. The van der Waals surface area contributed by atoms with Crippen LogP contribution in [0.4, 0.5) is 0 Å². The fraction of sp³-hybridized carbons (Fsp3) is 0.478. The highest BCUT2D eigenvalue weighted by Gasteiger charge is 2.27. The van der Waals surface area contributed by atoms with E-state index in [0.29, 0.717) is 57.6 Å². The van der Waals surface area contributed by atoms with Crippen molar-refractivity contribution in [3.05, 3.63) is 55.5 Å². The smallest absolute Gasteiger partial charge is 0.156 e. The Balaban J connectivity index is 2.30. The second-order valence-electron chi connectivity index (χ2n) is 8.39. The molecule has 0 aromatic heterocycles. The Hall–Kier alpha value is -0.880. The first-order valence-electron chi connectivity index (χ1n) is 10.2. The Morgan fingerprint density at radius 3 is 1.26 bits per heavy atom. The Kier molecular flexibility index (Phi) is 9.62. The molecule has 0 bridgehead atoms. The second kappa shape index (κ2) is 11.3. The van der Waals surface area contributed by atoms with Crippen molar-refractivity contribution >= 4 is 46.4 Å². The molecule has 4 N–H and O–H groups in total. The molecule has 8 heteroatoms. The molecule has 0 spiro atoms. The van der Waals surface area contributed by atoms with Crippen molar-refractivity contribution in [1.29, 1.82) is 0 Å². The van der Waals surface area contributed by atoms with Gasteiger partial charge in [-0.15, -0.1) is 0 Å². The average molecular weight is 508 g/mol. The van der Waals surface area contributed by atoms with Crippen LogP contribution in [-0.4, -0.2) is 25.3 Å². The van der Waals surface area contributed by atoms with Gasteiger partial charge < -0.3 is 20.9 Å². The molecule has 2 unspecified atom stereocenters. The summed E-state index contributed by atoms with van der Waals surface area (Å²) in [5.41, 5.74) is 12.9. The number of nitrogens with two attached hydrogens (primary N) is 2. The molecule has 0 aliphatic carbocycles. The predicted molar refractivity (Wildman–Crippen MR) is 133 cm³/mol. The van der Waals surface area contributed by atoms with E-state index in [0.717, 1.165) is 11.1 Å². The number of hydrogen-bond donors (Lipinski definition) is 2. The van der Waals surface area contributed by atoms with Crippen molar-refractivity contribution in [2.45, 2.75) is 58.0 Å². The van der Waals surface area contributed by atoms with E-state index >= 15 is 0 Å². The topological polar surface area (TPSA) is 70.5 Å². The summed E-state index contributed by atoms with van der Waals surface area (Å²) in [5.74, 6) is 0.912. The lowest BCUT2D eigenvalue weighted by molar-refractivity contribution is 0.301. The Morgan fingerprint density at radius 2 is 1.00 bits per heavy atom. The Labute approximate surface area is 205 Å². The van der Waals surface area contributed by atoms with Crippen molar-refractivity contribution in [3.8, 4) is 11.5 Å². The molecular weight excluding hydrogens is 478 g/mol. The zero-order valence-electron chi connectivity index (χ0n) is 18.3. The molecule has 0 radical (unpaired) electrons. The van der Waals surface area contributed by atoms with Crippen molar-refractivity contribution in [2.24, 2.45) is 11.5 Å². The third kappa shape index (κ3) is 7.05. The molecule has 31 heavy (non-hydrogen) atoms. The summed E-state index contributed by atoms with van der Waals surface area (Å²) < 4.78 is 11.5.